The Morgan fingerprint density at radius 3 is 2.18 bits per heavy atom. The van der Waals surface area contributed by atoms with Gasteiger partial charge in [0.05, 0.1) is 5.57 Å². The van der Waals surface area contributed by atoms with Crippen molar-refractivity contribution >= 4 is 23.1 Å². The smallest absolute Gasteiger partial charge is 0.275 e. The van der Waals surface area contributed by atoms with E-state index in [-0.39, 0.29) is 11.5 Å². The van der Waals surface area contributed by atoms with E-state index in [9.17, 15) is 14.0 Å². The summed E-state index contributed by atoms with van der Waals surface area (Å²) in [6.07, 6.45) is 0. The average molecular weight is 296 g/mol. The van der Waals surface area contributed by atoms with Gasteiger partial charge in [-0.15, -0.1) is 0 Å². The molecule has 1 aliphatic heterocycles. The summed E-state index contributed by atoms with van der Waals surface area (Å²) in [7, 11) is 1.67. The van der Waals surface area contributed by atoms with E-state index < -0.39 is 11.8 Å². The number of benzene rings is 2. The first-order valence-electron chi connectivity index (χ1n) is 6.72. The molecule has 1 heterocycles. The molecule has 2 amide bonds. The summed E-state index contributed by atoms with van der Waals surface area (Å²) in [6, 6.07) is 14.7. The first-order valence-corrected chi connectivity index (χ1v) is 6.72. The van der Waals surface area contributed by atoms with Crippen LogP contribution >= 0.6 is 0 Å². The number of anilines is 1. The summed E-state index contributed by atoms with van der Waals surface area (Å²) >= 11 is 0. The minimum atomic E-state index is -0.462. The molecule has 0 aliphatic carbocycles. The maximum absolute atomic E-state index is 13.0. The largest absolute Gasteiger partial charge is 0.339 e. The fraction of sp³-hybridized carbons (Fsp3) is 0.0588. The molecule has 0 bridgehead atoms. The topological polar surface area (TPSA) is 49.4 Å². The van der Waals surface area contributed by atoms with E-state index in [1.165, 1.54) is 12.1 Å². The lowest BCUT2D eigenvalue weighted by molar-refractivity contribution is -0.123. The van der Waals surface area contributed by atoms with Crippen molar-refractivity contribution in [3.63, 3.8) is 0 Å². The Kier molecular flexibility index (Phi) is 3.47. The van der Waals surface area contributed by atoms with Crippen LogP contribution in [0.25, 0.3) is 5.57 Å². The highest BCUT2D eigenvalue weighted by Crippen LogP contribution is 2.29. The fourth-order valence-corrected chi connectivity index (χ4v) is 2.43. The summed E-state index contributed by atoms with van der Waals surface area (Å²) in [5.74, 6) is -1.25. The third kappa shape index (κ3) is 2.37. The molecule has 0 atom stereocenters. The minimum absolute atomic E-state index is 0.253. The second kappa shape index (κ2) is 5.44. The first-order chi connectivity index (χ1) is 10.6. The molecule has 2 aromatic carbocycles. The molecule has 22 heavy (non-hydrogen) atoms. The average Bonchev–Trinajstić information content (AvgIpc) is 2.82. The summed E-state index contributed by atoms with van der Waals surface area (Å²) in [6.45, 7) is 0. The van der Waals surface area contributed by atoms with Crippen LogP contribution < -0.4 is 10.2 Å². The SMILES string of the molecule is CN(C1=C(c2ccccc2)C(=O)NC1=O)c1ccc(F)cc1. The number of carbonyl (C=O) groups is 2. The van der Waals surface area contributed by atoms with Crippen LogP contribution in [0.15, 0.2) is 60.3 Å². The van der Waals surface area contributed by atoms with Gasteiger partial charge in [-0.1, -0.05) is 30.3 Å². The van der Waals surface area contributed by atoms with E-state index in [4.69, 9.17) is 0 Å². The fourth-order valence-electron chi connectivity index (χ4n) is 2.43. The highest BCUT2D eigenvalue weighted by atomic mass is 19.1. The molecule has 0 radical (unpaired) electrons. The van der Waals surface area contributed by atoms with E-state index in [0.29, 0.717) is 16.8 Å². The highest BCUT2D eigenvalue weighted by molar-refractivity contribution is 6.36. The number of carbonyl (C=O) groups excluding carboxylic acids is 2. The van der Waals surface area contributed by atoms with Crippen LogP contribution in [0.4, 0.5) is 10.1 Å². The summed E-state index contributed by atoms with van der Waals surface area (Å²) < 4.78 is 13.0. The molecule has 1 aliphatic rings. The molecular weight excluding hydrogens is 283 g/mol. The Labute approximate surface area is 126 Å². The molecule has 0 unspecified atom stereocenters. The van der Waals surface area contributed by atoms with Gasteiger partial charge in [-0.05, 0) is 29.8 Å². The molecule has 3 rings (SSSR count). The molecule has 4 nitrogen and oxygen atoms in total. The monoisotopic (exact) mass is 296 g/mol. The number of nitrogens with one attached hydrogen (secondary N) is 1. The maximum atomic E-state index is 13.0. The normalized spacial score (nSPS) is 14.3. The number of rotatable bonds is 3. The highest BCUT2D eigenvalue weighted by Gasteiger charge is 2.33. The van der Waals surface area contributed by atoms with Gasteiger partial charge >= 0.3 is 0 Å². The molecule has 1 N–H and O–H groups in total. The third-order valence-electron chi connectivity index (χ3n) is 3.52. The second-order valence-corrected chi connectivity index (χ2v) is 4.91. The molecule has 2 aromatic rings. The Morgan fingerprint density at radius 1 is 0.909 bits per heavy atom. The van der Waals surface area contributed by atoms with Crippen LogP contribution in [0.3, 0.4) is 0 Å². The van der Waals surface area contributed by atoms with Gasteiger partial charge in [0.15, 0.2) is 0 Å². The predicted octanol–water partition coefficient (Wildman–Crippen LogP) is 2.33. The molecular formula is C17H13FN2O2. The number of likely N-dealkylation sites (N-methyl/N-ethyl adjacent to an activating group) is 1. The lowest BCUT2D eigenvalue weighted by atomic mass is 10.0. The second-order valence-electron chi connectivity index (χ2n) is 4.91. The van der Waals surface area contributed by atoms with E-state index in [1.807, 2.05) is 6.07 Å². The van der Waals surface area contributed by atoms with E-state index in [0.717, 1.165) is 0 Å². The summed E-state index contributed by atoms with van der Waals surface area (Å²) in [5.41, 5.74) is 1.85. The quantitative estimate of drug-likeness (QED) is 0.884. The van der Waals surface area contributed by atoms with Gasteiger partial charge in [-0.3, -0.25) is 14.9 Å². The Balaban J connectivity index is 2.11. The Morgan fingerprint density at radius 2 is 1.55 bits per heavy atom. The van der Waals surface area contributed by atoms with Crippen molar-refractivity contribution in [2.75, 3.05) is 11.9 Å². The summed E-state index contributed by atoms with van der Waals surface area (Å²) in [5, 5.41) is 2.31. The lowest BCUT2D eigenvalue weighted by Gasteiger charge is -2.20. The van der Waals surface area contributed by atoms with Crippen LogP contribution in [0, 0.1) is 5.82 Å². The van der Waals surface area contributed by atoms with Gasteiger partial charge in [-0.25, -0.2) is 4.39 Å². The number of hydrogen-bond donors (Lipinski definition) is 1. The van der Waals surface area contributed by atoms with Crippen LogP contribution in [-0.4, -0.2) is 18.9 Å². The minimum Gasteiger partial charge on any atom is -0.339 e. The number of amides is 2. The van der Waals surface area contributed by atoms with Gasteiger partial charge in [-0.2, -0.15) is 0 Å². The molecule has 0 aromatic heterocycles. The van der Waals surface area contributed by atoms with Crippen molar-refractivity contribution in [1.29, 1.82) is 0 Å². The van der Waals surface area contributed by atoms with Crippen LogP contribution in [0.1, 0.15) is 5.56 Å². The molecule has 110 valence electrons. The van der Waals surface area contributed by atoms with E-state index in [1.54, 1.807) is 48.3 Å². The zero-order valence-electron chi connectivity index (χ0n) is 11.8. The number of hydrogen-bond acceptors (Lipinski definition) is 3. The number of nitrogens with zero attached hydrogens (tertiary/aromatic N) is 1. The van der Waals surface area contributed by atoms with Gasteiger partial charge in [0.25, 0.3) is 11.8 Å². The molecule has 0 saturated carbocycles. The molecule has 0 spiro atoms. The predicted molar refractivity (Wildman–Crippen MR) is 81.3 cm³/mol. The third-order valence-corrected chi connectivity index (χ3v) is 3.52. The van der Waals surface area contributed by atoms with Crippen molar-refractivity contribution in [3.05, 3.63) is 71.7 Å². The van der Waals surface area contributed by atoms with Crippen molar-refractivity contribution in [2.45, 2.75) is 0 Å². The molecule has 5 heteroatoms. The first kappa shape index (κ1) is 14.0. The van der Waals surface area contributed by atoms with E-state index in [2.05, 4.69) is 5.32 Å². The molecule has 0 fully saturated rings. The van der Waals surface area contributed by atoms with Gasteiger partial charge in [0, 0.05) is 12.7 Å². The van der Waals surface area contributed by atoms with Gasteiger partial charge < -0.3 is 4.90 Å². The molecule has 0 saturated heterocycles. The van der Waals surface area contributed by atoms with Crippen LogP contribution in [0.2, 0.25) is 0 Å². The zero-order valence-corrected chi connectivity index (χ0v) is 11.8. The van der Waals surface area contributed by atoms with Crippen molar-refractivity contribution < 1.29 is 14.0 Å². The van der Waals surface area contributed by atoms with Crippen molar-refractivity contribution in [1.82, 2.24) is 5.32 Å². The van der Waals surface area contributed by atoms with E-state index >= 15 is 0 Å². The Hall–Kier alpha value is -2.95. The van der Waals surface area contributed by atoms with Crippen LogP contribution in [-0.2, 0) is 9.59 Å². The van der Waals surface area contributed by atoms with Gasteiger partial charge in [0.2, 0.25) is 0 Å². The Bertz CT molecular complexity index is 767. The number of halogens is 1. The summed E-state index contributed by atoms with van der Waals surface area (Å²) in [4.78, 5) is 25.8. The number of imide groups is 1. The van der Waals surface area contributed by atoms with Crippen LogP contribution in [0.5, 0.6) is 0 Å². The van der Waals surface area contributed by atoms with Crippen molar-refractivity contribution in [2.24, 2.45) is 0 Å². The zero-order chi connectivity index (χ0) is 15.7. The van der Waals surface area contributed by atoms with Crippen molar-refractivity contribution in [3.8, 4) is 0 Å². The standard InChI is InChI=1S/C17H13FN2O2/c1-20(13-9-7-12(18)8-10-13)15-14(16(21)19-17(15)22)11-5-3-2-4-6-11/h2-10H,1H3,(H,19,21,22). The van der Waals surface area contributed by atoms with Gasteiger partial charge in [0.1, 0.15) is 11.5 Å². The lowest BCUT2D eigenvalue weighted by Crippen LogP contribution is -2.28. The maximum Gasteiger partial charge on any atom is 0.275 e.